The van der Waals surface area contributed by atoms with Crippen molar-refractivity contribution in [2.24, 2.45) is 5.10 Å². The number of hydrogen-bond donors (Lipinski definition) is 3. The van der Waals surface area contributed by atoms with Crippen molar-refractivity contribution >= 4 is 27.3 Å². The lowest BCUT2D eigenvalue weighted by Gasteiger charge is -2.50. The number of nitrogens with one attached hydrogen (secondary N) is 3. The lowest BCUT2D eigenvalue weighted by atomic mass is 9.79. The number of aromatic amines is 1. The van der Waals surface area contributed by atoms with Crippen LogP contribution < -0.4 is 16.3 Å². The van der Waals surface area contributed by atoms with Crippen molar-refractivity contribution in [3.63, 3.8) is 0 Å². The summed E-state index contributed by atoms with van der Waals surface area (Å²) in [6, 6.07) is 6.04. The first-order valence-electron chi connectivity index (χ1n) is 11.6. The van der Waals surface area contributed by atoms with Gasteiger partial charge in [-0.15, -0.1) is 11.3 Å². The van der Waals surface area contributed by atoms with Crippen LogP contribution in [0.25, 0.3) is 21.3 Å². The van der Waals surface area contributed by atoms with Gasteiger partial charge in [-0.05, 0) is 65.8 Å². The molecule has 3 N–H and O–H groups in total. The molecule has 5 rings (SSSR count). The summed E-state index contributed by atoms with van der Waals surface area (Å²) < 4.78 is 1.01. The molecule has 2 aromatic heterocycles. The zero-order valence-corrected chi connectivity index (χ0v) is 21.0. The predicted octanol–water partition coefficient (Wildman–Crippen LogP) is 3.48. The van der Waals surface area contributed by atoms with Gasteiger partial charge in [0.2, 0.25) is 0 Å². The summed E-state index contributed by atoms with van der Waals surface area (Å²) in [7, 11) is 2.17. The molecule has 0 saturated carbocycles. The van der Waals surface area contributed by atoms with E-state index in [0.717, 1.165) is 45.5 Å². The molecule has 34 heavy (non-hydrogen) atoms. The molecule has 1 aromatic carbocycles. The number of hydrogen-bond acceptors (Lipinski definition) is 8. The van der Waals surface area contributed by atoms with Crippen LogP contribution in [-0.4, -0.2) is 56.1 Å². The molecule has 3 aromatic rings. The van der Waals surface area contributed by atoms with E-state index in [4.69, 9.17) is 5.10 Å². The average molecular weight is 478 g/mol. The number of hydrazone groups is 1. The smallest absolute Gasteiger partial charge is 0.264 e. The van der Waals surface area contributed by atoms with Crippen molar-refractivity contribution in [2.45, 2.75) is 63.8 Å². The van der Waals surface area contributed by atoms with Crippen molar-refractivity contribution in [3.8, 4) is 11.1 Å². The van der Waals surface area contributed by atoms with E-state index in [1.54, 1.807) is 23.6 Å². The number of thiazole rings is 1. The highest BCUT2D eigenvalue weighted by atomic mass is 32.1. The molecule has 8 nitrogen and oxygen atoms in total. The molecule has 1 atom stereocenters. The molecule has 0 aliphatic carbocycles. The maximum absolute atomic E-state index is 11.7. The van der Waals surface area contributed by atoms with E-state index < -0.39 is 0 Å². The minimum atomic E-state index is -0.223. The van der Waals surface area contributed by atoms with E-state index in [9.17, 15) is 4.79 Å². The van der Waals surface area contributed by atoms with E-state index in [-0.39, 0.29) is 22.8 Å². The quantitative estimate of drug-likeness (QED) is 0.532. The fourth-order valence-electron chi connectivity index (χ4n) is 5.47. The fraction of sp³-hybridized carbons (Fsp3) is 0.440. The SMILES string of the molecule is CN(C1CC(C)(C)NC(C)(C)C1)C1C=CC(c2ccc(-c3cn[nH]c(=O)c3)c3scnc23)=NN1. The van der Waals surface area contributed by atoms with Crippen molar-refractivity contribution in [3.05, 3.63) is 58.0 Å². The summed E-state index contributed by atoms with van der Waals surface area (Å²) in [5, 5.41) is 14.9. The van der Waals surface area contributed by atoms with Crippen LogP contribution in [0.5, 0.6) is 0 Å². The normalized spacial score (nSPS) is 22.1. The second-order valence-electron chi connectivity index (χ2n) is 10.6. The Morgan fingerprint density at radius 2 is 1.85 bits per heavy atom. The average Bonchev–Trinajstić information content (AvgIpc) is 3.26. The molecule has 1 unspecified atom stereocenters. The summed E-state index contributed by atoms with van der Waals surface area (Å²) in [6.07, 6.45) is 8.11. The minimum absolute atomic E-state index is 0.0331. The highest BCUT2D eigenvalue weighted by Crippen LogP contribution is 2.34. The summed E-state index contributed by atoms with van der Waals surface area (Å²) in [5.74, 6) is 0. The van der Waals surface area contributed by atoms with E-state index in [1.807, 2.05) is 17.6 Å². The van der Waals surface area contributed by atoms with Gasteiger partial charge in [-0.3, -0.25) is 15.1 Å². The van der Waals surface area contributed by atoms with Gasteiger partial charge in [-0.25, -0.2) is 10.1 Å². The molecule has 1 fully saturated rings. The number of H-pyrrole nitrogens is 1. The number of aromatic nitrogens is 3. The Morgan fingerprint density at radius 3 is 2.53 bits per heavy atom. The first-order chi connectivity index (χ1) is 16.1. The molecular formula is C25H31N7OS. The molecule has 1 saturated heterocycles. The molecule has 0 bridgehead atoms. The van der Waals surface area contributed by atoms with Crippen molar-refractivity contribution in [1.82, 2.24) is 30.8 Å². The number of fused-ring (bicyclic) bond motifs is 1. The van der Waals surface area contributed by atoms with Crippen molar-refractivity contribution in [2.75, 3.05) is 7.05 Å². The Hall–Kier alpha value is -2.88. The number of rotatable bonds is 4. The van der Waals surface area contributed by atoms with Gasteiger partial charge in [0.15, 0.2) is 0 Å². The van der Waals surface area contributed by atoms with Crippen LogP contribution in [0.2, 0.25) is 0 Å². The largest absolute Gasteiger partial charge is 0.307 e. The Labute approximate surface area is 203 Å². The number of likely N-dealkylation sites (N-methyl/N-ethyl adjacent to an activating group) is 1. The van der Waals surface area contributed by atoms with Gasteiger partial charge in [-0.1, -0.05) is 6.07 Å². The van der Waals surface area contributed by atoms with Crippen LogP contribution in [-0.2, 0) is 0 Å². The molecule has 9 heteroatoms. The molecular weight excluding hydrogens is 446 g/mol. The maximum Gasteiger partial charge on any atom is 0.264 e. The van der Waals surface area contributed by atoms with Gasteiger partial charge >= 0.3 is 0 Å². The molecule has 0 radical (unpaired) electrons. The van der Waals surface area contributed by atoms with Crippen LogP contribution in [0.1, 0.15) is 46.1 Å². The second kappa shape index (κ2) is 8.41. The Morgan fingerprint density at radius 1 is 1.12 bits per heavy atom. The summed E-state index contributed by atoms with van der Waals surface area (Å²) in [4.78, 5) is 18.8. The van der Waals surface area contributed by atoms with Crippen molar-refractivity contribution < 1.29 is 0 Å². The first kappa shape index (κ1) is 22.9. The monoisotopic (exact) mass is 477 g/mol. The van der Waals surface area contributed by atoms with Gasteiger partial charge < -0.3 is 5.32 Å². The standard InChI is InChI=1S/C25H31N7OS/c1-24(2)11-16(12-25(3,4)31-24)32(5)20-9-8-19(28-29-20)18-7-6-17(23-22(18)26-14-34-23)15-10-21(33)30-27-13-15/h6-10,13-14,16,20,29,31H,11-12H2,1-5H3,(H,30,33). The number of benzene rings is 1. The summed E-state index contributed by atoms with van der Waals surface area (Å²) >= 11 is 1.55. The van der Waals surface area contributed by atoms with Gasteiger partial charge in [-0.2, -0.15) is 10.2 Å². The molecule has 178 valence electrons. The van der Waals surface area contributed by atoms with Gasteiger partial charge in [0.25, 0.3) is 5.56 Å². The van der Waals surface area contributed by atoms with Gasteiger partial charge in [0.05, 0.1) is 27.6 Å². The first-order valence-corrected chi connectivity index (χ1v) is 12.4. The van der Waals surface area contributed by atoms with Crippen LogP contribution in [0.4, 0.5) is 0 Å². The maximum atomic E-state index is 11.7. The third kappa shape index (κ3) is 4.43. The zero-order chi connectivity index (χ0) is 24.1. The minimum Gasteiger partial charge on any atom is -0.307 e. The van der Waals surface area contributed by atoms with Gasteiger partial charge in [0, 0.05) is 39.9 Å². The highest BCUT2D eigenvalue weighted by molar-refractivity contribution is 7.17. The van der Waals surface area contributed by atoms with Crippen LogP contribution in [0, 0.1) is 0 Å². The number of nitrogens with zero attached hydrogens (tertiary/aromatic N) is 4. The topological polar surface area (TPSA) is 98.3 Å². The molecule has 2 aliphatic heterocycles. The number of allylic oxidation sites excluding steroid dienone is 1. The second-order valence-corrected chi connectivity index (χ2v) is 11.4. The molecule has 0 amide bonds. The Bertz CT molecular complexity index is 1320. The molecule has 0 spiro atoms. The predicted molar refractivity (Wildman–Crippen MR) is 138 cm³/mol. The molecule has 2 aliphatic rings. The van der Waals surface area contributed by atoms with E-state index in [0.29, 0.717) is 6.04 Å². The lowest BCUT2D eigenvalue weighted by Crippen LogP contribution is -2.63. The zero-order valence-electron chi connectivity index (χ0n) is 20.2. The third-order valence-corrected chi connectivity index (χ3v) is 7.53. The van der Waals surface area contributed by atoms with Crippen molar-refractivity contribution in [1.29, 1.82) is 0 Å². The van der Waals surface area contributed by atoms with E-state index in [1.165, 1.54) is 0 Å². The lowest BCUT2D eigenvalue weighted by molar-refractivity contribution is 0.0599. The van der Waals surface area contributed by atoms with Gasteiger partial charge in [0.1, 0.15) is 6.17 Å². The van der Waals surface area contributed by atoms with E-state index in [2.05, 4.69) is 77.7 Å². The highest BCUT2D eigenvalue weighted by Gasteiger charge is 2.40. The number of piperidine rings is 1. The Balaban J connectivity index is 1.38. The van der Waals surface area contributed by atoms with E-state index >= 15 is 0 Å². The molecule has 4 heterocycles. The van der Waals surface area contributed by atoms with Crippen LogP contribution >= 0.6 is 11.3 Å². The summed E-state index contributed by atoms with van der Waals surface area (Å²) in [6.45, 7) is 9.11. The van der Waals surface area contributed by atoms with Crippen LogP contribution in [0.15, 0.2) is 52.0 Å². The Kier molecular flexibility index (Phi) is 5.66. The van der Waals surface area contributed by atoms with Crippen LogP contribution in [0.3, 0.4) is 0 Å². The fourth-order valence-corrected chi connectivity index (χ4v) is 6.32. The summed E-state index contributed by atoms with van der Waals surface area (Å²) in [5.41, 5.74) is 9.55. The third-order valence-electron chi connectivity index (χ3n) is 6.67.